The third-order valence-corrected chi connectivity index (χ3v) is 3.13. The molecule has 0 radical (unpaired) electrons. The Morgan fingerprint density at radius 2 is 1.14 bits per heavy atom. The van der Waals surface area contributed by atoms with Crippen molar-refractivity contribution in [1.82, 2.24) is 15.0 Å². The molecule has 4 nitrogen and oxygen atoms in total. The summed E-state index contributed by atoms with van der Waals surface area (Å²) >= 11 is 0. The third-order valence-electron chi connectivity index (χ3n) is 3.13. The molecule has 3 aromatic heterocycles. The molecule has 0 N–H and O–H groups in total. The molecule has 0 bridgehead atoms. The van der Waals surface area contributed by atoms with E-state index in [4.69, 9.17) is 0 Å². The highest BCUT2D eigenvalue weighted by Crippen LogP contribution is 2.15. The number of rotatable bonds is 5. The topological polar surface area (TPSA) is 41.9 Å². The molecular formula is C17H16N4. The van der Waals surface area contributed by atoms with Crippen LogP contribution in [0.3, 0.4) is 0 Å². The molecule has 0 aliphatic carbocycles. The first-order valence-corrected chi connectivity index (χ1v) is 6.87. The van der Waals surface area contributed by atoms with E-state index >= 15 is 0 Å². The molecule has 0 saturated heterocycles. The zero-order valence-electron chi connectivity index (χ0n) is 11.6. The van der Waals surface area contributed by atoms with Crippen molar-refractivity contribution in [2.75, 3.05) is 4.90 Å². The lowest BCUT2D eigenvalue weighted by Crippen LogP contribution is -2.24. The minimum Gasteiger partial charge on any atom is -0.345 e. The number of nitrogens with zero attached hydrogens (tertiary/aromatic N) is 4. The van der Waals surface area contributed by atoms with Gasteiger partial charge in [-0.2, -0.15) is 0 Å². The molecule has 3 aromatic rings. The average Bonchev–Trinajstić information content (AvgIpc) is 2.57. The Hall–Kier alpha value is -2.75. The van der Waals surface area contributed by atoms with Crippen LogP contribution in [0.1, 0.15) is 11.4 Å². The molecule has 3 rings (SSSR count). The summed E-state index contributed by atoms with van der Waals surface area (Å²) in [5, 5.41) is 0. The number of pyridine rings is 3. The molecule has 21 heavy (non-hydrogen) atoms. The van der Waals surface area contributed by atoms with Crippen LogP contribution in [0.15, 0.2) is 73.2 Å². The van der Waals surface area contributed by atoms with E-state index in [2.05, 4.69) is 19.9 Å². The van der Waals surface area contributed by atoms with E-state index in [0.29, 0.717) is 13.1 Å². The van der Waals surface area contributed by atoms with E-state index in [1.165, 1.54) is 0 Å². The molecule has 0 aliphatic rings. The van der Waals surface area contributed by atoms with Crippen LogP contribution in [0.25, 0.3) is 0 Å². The minimum absolute atomic E-state index is 0.703. The van der Waals surface area contributed by atoms with Gasteiger partial charge in [-0.05, 0) is 36.4 Å². The van der Waals surface area contributed by atoms with E-state index in [1.54, 1.807) is 6.20 Å². The number of hydrogen-bond donors (Lipinski definition) is 0. The van der Waals surface area contributed by atoms with Crippen molar-refractivity contribution in [3.8, 4) is 0 Å². The highest BCUT2D eigenvalue weighted by atomic mass is 15.2. The molecule has 3 heterocycles. The molecule has 0 aliphatic heterocycles. The first kappa shape index (κ1) is 13.2. The summed E-state index contributed by atoms with van der Waals surface area (Å²) in [6.07, 6.45) is 5.43. The van der Waals surface area contributed by atoms with Gasteiger partial charge in [0, 0.05) is 18.6 Å². The normalized spacial score (nSPS) is 10.3. The number of aromatic nitrogens is 3. The standard InChI is InChI=1S/C17H16N4/c1-4-10-18-15(7-1)13-21(17-9-3-6-12-20-17)14-16-8-2-5-11-19-16/h1-12H,13-14H2. The lowest BCUT2D eigenvalue weighted by molar-refractivity contribution is 0.752. The van der Waals surface area contributed by atoms with Gasteiger partial charge in [-0.15, -0.1) is 0 Å². The van der Waals surface area contributed by atoms with Crippen molar-refractivity contribution in [3.05, 3.63) is 84.6 Å². The molecule has 4 heteroatoms. The summed E-state index contributed by atoms with van der Waals surface area (Å²) in [5.41, 5.74) is 2.03. The molecular weight excluding hydrogens is 260 g/mol. The zero-order valence-corrected chi connectivity index (χ0v) is 11.6. The number of anilines is 1. The van der Waals surface area contributed by atoms with Gasteiger partial charge in [-0.25, -0.2) is 4.98 Å². The fourth-order valence-corrected chi connectivity index (χ4v) is 2.13. The van der Waals surface area contributed by atoms with Gasteiger partial charge in [0.15, 0.2) is 0 Å². The summed E-state index contributed by atoms with van der Waals surface area (Å²) in [7, 11) is 0. The largest absolute Gasteiger partial charge is 0.345 e. The van der Waals surface area contributed by atoms with Gasteiger partial charge in [-0.1, -0.05) is 18.2 Å². The van der Waals surface area contributed by atoms with E-state index in [-0.39, 0.29) is 0 Å². The van der Waals surface area contributed by atoms with Crippen LogP contribution < -0.4 is 4.90 Å². The predicted molar refractivity (Wildman–Crippen MR) is 82.6 cm³/mol. The average molecular weight is 276 g/mol. The maximum Gasteiger partial charge on any atom is 0.129 e. The molecule has 0 saturated carbocycles. The van der Waals surface area contributed by atoms with Crippen molar-refractivity contribution in [3.63, 3.8) is 0 Å². The molecule has 104 valence electrons. The highest BCUT2D eigenvalue weighted by molar-refractivity contribution is 5.38. The molecule has 0 fully saturated rings. The first-order chi connectivity index (χ1) is 10.4. The summed E-state index contributed by atoms with van der Waals surface area (Å²) in [6, 6.07) is 17.8. The predicted octanol–water partition coefficient (Wildman–Crippen LogP) is 3.08. The molecule has 0 unspecified atom stereocenters. The van der Waals surface area contributed by atoms with Crippen LogP contribution in [0, 0.1) is 0 Å². The van der Waals surface area contributed by atoms with Crippen LogP contribution in [-0.4, -0.2) is 15.0 Å². The van der Waals surface area contributed by atoms with Gasteiger partial charge < -0.3 is 4.90 Å². The van der Waals surface area contributed by atoms with E-state index in [9.17, 15) is 0 Å². The SMILES string of the molecule is c1ccc(CN(Cc2ccccn2)c2ccccn2)nc1. The second kappa shape index (κ2) is 6.61. The van der Waals surface area contributed by atoms with Crippen molar-refractivity contribution in [2.45, 2.75) is 13.1 Å². The Bertz CT molecular complexity index is 615. The summed E-state index contributed by atoms with van der Waals surface area (Å²) in [5.74, 6) is 0.925. The summed E-state index contributed by atoms with van der Waals surface area (Å²) in [6.45, 7) is 1.41. The highest BCUT2D eigenvalue weighted by Gasteiger charge is 2.10. The Morgan fingerprint density at radius 1 is 0.619 bits per heavy atom. The lowest BCUT2D eigenvalue weighted by Gasteiger charge is -2.23. The minimum atomic E-state index is 0.703. The van der Waals surface area contributed by atoms with Crippen molar-refractivity contribution >= 4 is 5.82 Å². The Labute approximate surface area is 124 Å². The van der Waals surface area contributed by atoms with Gasteiger partial charge in [-0.3, -0.25) is 9.97 Å². The van der Waals surface area contributed by atoms with Crippen LogP contribution in [0.2, 0.25) is 0 Å². The van der Waals surface area contributed by atoms with Crippen LogP contribution >= 0.6 is 0 Å². The van der Waals surface area contributed by atoms with Gasteiger partial charge in [0.25, 0.3) is 0 Å². The molecule has 0 atom stereocenters. The van der Waals surface area contributed by atoms with E-state index in [1.807, 2.05) is 67.0 Å². The van der Waals surface area contributed by atoms with E-state index in [0.717, 1.165) is 17.2 Å². The molecule has 0 spiro atoms. The fraction of sp³-hybridized carbons (Fsp3) is 0.118. The van der Waals surface area contributed by atoms with Crippen LogP contribution in [-0.2, 0) is 13.1 Å². The van der Waals surface area contributed by atoms with Crippen molar-refractivity contribution in [1.29, 1.82) is 0 Å². The second-order valence-corrected chi connectivity index (χ2v) is 4.69. The monoisotopic (exact) mass is 276 g/mol. The van der Waals surface area contributed by atoms with Gasteiger partial charge >= 0.3 is 0 Å². The Balaban J connectivity index is 1.84. The Morgan fingerprint density at radius 3 is 1.57 bits per heavy atom. The first-order valence-electron chi connectivity index (χ1n) is 6.87. The zero-order chi connectivity index (χ0) is 14.3. The van der Waals surface area contributed by atoms with Crippen molar-refractivity contribution in [2.24, 2.45) is 0 Å². The van der Waals surface area contributed by atoms with Crippen molar-refractivity contribution < 1.29 is 0 Å². The third kappa shape index (κ3) is 3.63. The molecule has 0 aromatic carbocycles. The van der Waals surface area contributed by atoms with Gasteiger partial charge in [0.05, 0.1) is 24.5 Å². The maximum atomic E-state index is 4.44. The summed E-state index contributed by atoms with van der Waals surface area (Å²) in [4.78, 5) is 15.4. The van der Waals surface area contributed by atoms with Crippen LogP contribution in [0.5, 0.6) is 0 Å². The quantitative estimate of drug-likeness (QED) is 0.718. The molecule has 0 amide bonds. The van der Waals surface area contributed by atoms with Gasteiger partial charge in [0.1, 0.15) is 5.82 Å². The summed E-state index contributed by atoms with van der Waals surface area (Å²) < 4.78 is 0. The fourth-order valence-electron chi connectivity index (χ4n) is 2.13. The van der Waals surface area contributed by atoms with E-state index < -0.39 is 0 Å². The Kier molecular flexibility index (Phi) is 4.17. The smallest absolute Gasteiger partial charge is 0.129 e. The number of hydrogen-bond acceptors (Lipinski definition) is 4. The van der Waals surface area contributed by atoms with Gasteiger partial charge in [0.2, 0.25) is 0 Å². The van der Waals surface area contributed by atoms with Crippen LogP contribution in [0.4, 0.5) is 5.82 Å². The maximum absolute atomic E-state index is 4.44. The second-order valence-electron chi connectivity index (χ2n) is 4.69. The lowest BCUT2D eigenvalue weighted by atomic mass is 10.2.